The molecule has 196 valence electrons. The molecular formula is C28H40N4O4. The van der Waals surface area contributed by atoms with Gasteiger partial charge in [0.2, 0.25) is 0 Å². The summed E-state index contributed by atoms with van der Waals surface area (Å²) in [4.78, 5) is 32.0. The minimum absolute atomic E-state index is 0.203. The summed E-state index contributed by atoms with van der Waals surface area (Å²) in [6.07, 6.45) is 8.17. The smallest absolute Gasteiger partial charge is 0.410 e. The lowest BCUT2D eigenvalue weighted by Gasteiger charge is -2.30. The SMILES string of the molecule is CCOC(=O)c1cc(C2=CCN(C(=O)OC(C)(C)C)CC2)c2c(C(C)C)nn(C3CCCCC3)c2n1. The summed E-state index contributed by atoms with van der Waals surface area (Å²) in [5.74, 6) is -0.219. The van der Waals surface area contributed by atoms with Gasteiger partial charge in [-0.1, -0.05) is 39.2 Å². The van der Waals surface area contributed by atoms with Crippen molar-refractivity contribution in [1.82, 2.24) is 19.7 Å². The molecule has 4 rings (SSSR count). The highest BCUT2D eigenvalue weighted by Crippen LogP contribution is 2.38. The topological polar surface area (TPSA) is 86.5 Å². The van der Waals surface area contributed by atoms with Crippen molar-refractivity contribution in [3.8, 4) is 0 Å². The third-order valence-corrected chi connectivity index (χ3v) is 6.85. The van der Waals surface area contributed by atoms with E-state index in [-0.39, 0.29) is 18.1 Å². The molecule has 0 bridgehead atoms. The lowest BCUT2D eigenvalue weighted by molar-refractivity contribution is 0.0270. The molecule has 0 spiro atoms. The number of aromatic nitrogens is 3. The van der Waals surface area contributed by atoms with Crippen molar-refractivity contribution >= 4 is 28.7 Å². The van der Waals surface area contributed by atoms with Crippen LogP contribution < -0.4 is 0 Å². The van der Waals surface area contributed by atoms with Crippen LogP contribution in [0.25, 0.3) is 16.6 Å². The predicted octanol–water partition coefficient (Wildman–Crippen LogP) is 6.26. The van der Waals surface area contributed by atoms with Crippen LogP contribution in [0.3, 0.4) is 0 Å². The van der Waals surface area contributed by atoms with Gasteiger partial charge in [0.1, 0.15) is 5.60 Å². The van der Waals surface area contributed by atoms with E-state index in [2.05, 4.69) is 24.6 Å². The first-order valence-electron chi connectivity index (χ1n) is 13.4. The third-order valence-electron chi connectivity index (χ3n) is 6.85. The lowest BCUT2D eigenvalue weighted by Crippen LogP contribution is -2.39. The number of carbonyl (C=O) groups excluding carboxylic acids is 2. The number of nitrogens with zero attached hydrogens (tertiary/aromatic N) is 4. The van der Waals surface area contributed by atoms with E-state index in [4.69, 9.17) is 19.6 Å². The fraction of sp³-hybridized carbons (Fsp3) is 0.643. The molecule has 36 heavy (non-hydrogen) atoms. The van der Waals surface area contributed by atoms with Gasteiger partial charge in [0, 0.05) is 13.1 Å². The number of esters is 1. The quantitative estimate of drug-likeness (QED) is 0.454. The summed E-state index contributed by atoms with van der Waals surface area (Å²) in [5, 5.41) is 6.10. The summed E-state index contributed by atoms with van der Waals surface area (Å²) in [7, 11) is 0. The first-order chi connectivity index (χ1) is 17.1. The van der Waals surface area contributed by atoms with Crippen molar-refractivity contribution < 1.29 is 19.1 Å². The van der Waals surface area contributed by atoms with Crippen molar-refractivity contribution in [3.63, 3.8) is 0 Å². The molecule has 0 aromatic carbocycles. The second kappa shape index (κ2) is 10.6. The molecule has 2 aromatic heterocycles. The number of carbonyl (C=O) groups is 2. The van der Waals surface area contributed by atoms with E-state index in [0.29, 0.717) is 31.8 Å². The van der Waals surface area contributed by atoms with E-state index >= 15 is 0 Å². The Morgan fingerprint density at radius 3 is 2.47 bits per heavy atom. The summed E-state index contributed by atoms with van der Waals surface area (Å²) < 4.78 is 13.0. The molecule has 0 atom stereocenters. The van der Waals surface area contributed by atoms with Gasteiger partial charge in [-0.15, -0.1) is 0 Å². The van der Waals surface area contributed by atoms with Crippen LogP contribution in [0, 0.1) is 0 Å². The first kappa shape index (κ1) is 26.2. The standard InChI is InChI=1S/C28H40N4O4/c1-7-35-26(33)22-17-21(19-13-15-31(16-14-19)27(34)36-28(4,5)6)23-24(18(2)3)30-32(25(23)29-22)20-11-9-8-10-12-20/h13,17-18,20H,7-12,14-16H2,1-6H3. The first-order valence-corrected chi connectivity index (χ1v) is 13.4. The van der Waals surface area contributed by atoms with E-state index < -0.39 is 11.6 Å². The Balaban J connectivity index is 1.80. The molecule has 8 nitrogen and oxygen atoms in total. The summed E-state index contributed by atoms with van der Waals surface area (Å²) in [6, 6.07) is 2.14. The third kappa shape index (κ3) is 5.57. The average Bonchev–Trinajstić information content (AvgIpc) is 3.23. The second-order valence-electron chi connectivity index (χ2n) is 11.2. The van der Waals surface area contributed by atoms with E-state index in [9.17, 15) is 9.59 Å². The van der Waals surface area contributed by atoms with E-state index in [1.807, 2.05) is 26.8 Å². The van der Waals surface area contributed by atoms with E-state index in [1.54, 1.807) is 11.8 Å². The van der Waals surface area contributed by atoms with Crippen LogP contribution in [-0.4, -0.2) is 57.0 Å². The Kier molecular flexibility index (Phi) is 7.71. The summed E-state index contributed by atoms with van der Waals surface area (Å²) >= 11 is 0. The van der Waals surface area contributed by atoms with Gasteiger partial charge in [-0.3, -0.25) is 0 Å². The molecule has 3 heterocycles. The zero-order chi connectivity index (χ0) is 26.0. The maximum Gasteiger partial charge on any atom is 0.410 e. The highest BCUT2D eigenvalue weighted by molar-refractivity contribution is 5.98. The monoisotopic (exact) mass is 496 g/mol. The molecular weight excluding hydrogens is 456 g/mol. The molecule has 1 aliphatic heterocycles. The minimum atomic E-state index is -0.535. The molecule has 0 N–H and O–H groups in total. The van der Waals surface area contributed by atoms with Crippen molar-refractivity contribution in [1.29, 1.82) is 0 Å². The largest absolute Gasteiger partial charge is 0.461 e. The minimum Gasteiger partial charge on any atom is -0.461 e. The van der Waals surface area contributed by atoms with Gasteiger partial charge < -0.3 is 14.4 Å². The highest BCUT2D eigenvalue weighted by atomic mass is 16.6. The summed E-state index contributed by atoms with van der Waals surface area (Å²) in [6.45, 7) is 13.0. The van der Waals surface area contributed by atoms with Crippen LogP contribution >= 0.6 is 0 Å². The van der Waals surface area contributed by atoms with E-state index in [0.717, 1.165) is 40.7 Å². The molecule has 1 amide bonds. The van der Waals surface area contributed by atoms with Crippen LogP contribution in [0.5, 0.6) is 0 Å². The number of hydrogen-bond acceptors (Lipinski definition) is 6. The Bertz CT molecular complexity index is 1150. The van der Waals surface area contributed by atoms with Gasteiger partial charge in [0.05, 0.1) is 23.7 Å². The van der Waals surface area contributed by atoms with Gasteiger partial charge >= 0.3 is 12.1 Å². The highest BCUT2D eigenvalue weighted by Gasteiger charge is 2.29. The normalized spacial score (nSPS) is 17.4. The van der Waals surface area contributed by atoms with Gasteiger partial charge in [-0.2, -0.15) is 5.10 Å². The molecule has 2 aromatic rings. The number of ether oxygens (including phenoxy) is 2. The van der Waals surface area contributed by atoms with Crippen LogP contribution in [0.15, 0.2) is 12.1 Å². The van der Waals surface area contributed by atoms with Gasteiger partial charge in [0.25, 0.3) is 0 Å². The summed E-state index contributed by atoms with van der Waals surface area (Å²) in [5.41, 5.74) is 3.61. The molecule has 1 saturated carbocycles. The molecule has 1 aliphatic carbocycles. The Labute approximate surface area is 214 Å². The number of fused-ring (bicyclic) bond motifs is 1. The average molecular weight is 497 g/mol. The molecule has 0 radical (unpaired) electrons. The molecule has 0 saturated heterocycles. The number of pyridine rings is 1. The fourth-order valence-electron chi connectivity index (χ4n) is 5.12. The number of amides is 1. The lowest BCUT2D eigenvalue weighted by atomic mass is 9.93. The molecule has 2 aliphatic rings. The Morgan fingerprint density at radius 2 is 1.89 bits per heavy atom. The van der Waals surface area contributed by atoms with Crippen LogP contribution in [0.2, 0.25) is 0 Å². The van der Waals surface area contributed by atoms with Crippen LogP contribution in [0.4, 0.5) is 4.79 Å². The Morgan fingerprint density at radius 1 is 1.17 bits per heavy atom. The predicted molar refractivity (Wildman–Crippen MR) is 140 cm³/mol. The zero-order valence-electron chi connectivity index (χ0n) is 22.6. The van der Waals surface area contributed by atoms with Gasteiger partial charge in [-0.25, -0.2) is 19.3 Å². The van der Waals surface area contributed by atoms with Gasteiger partial charge in [-0.05, 0) is 70.1 Å². The van der Waals surface area contributed by atoms with Crippen molar-refractivity contribution in [2.45, 2.75) is 97.6 Å². The molecule has 0 unspecified atom stereocenters. The van der Waals surface area contributed by atoms with Crippen molar-refractivity contribution in [2.24, 2.45) is 0 Å². The van der Waals surface area contributed by atoms with Gasteiger partial charge in [0.15, 0.2) is 11.3 Å². The van der Waals surface area contributed by atoms with E-state index in [1.165, 1.54) is 19.3 Å². The van der Waals surface area contributed by atoms with Crippen molar-refractivity contribution in [3.05, 3.63) is 29.1 Å². The Hall–Kier alpha value is -2.90. The zero-order valence-corrected chi connectivity index (χ0v) is 22.6. The van der Waals surface area contributed by atoms with Crippen molar-refractivity contribution in [2.75, 3.05) is 19.7 Å². The number of hydrogen-bond donors (Lipinski definition) is 0. The van der Waals surface area contributed by atoms with Crippen LogP contribution in [-0.2, 0) is 9.47 Å². The fourth-order valence-corrected chi connectivity index (χ4v) is 5.12. The maximum absolute atomic E-state index is 12.8. The number of rotatable bonds is 5. The van der Waals surface area contributed by atoms with Crippen LogP contribution in [0.1, 0.15) is 114 Å². The maximum atomic E-state index is 12.8. The molecule has 1 fully saturated rings. The molecule has 8 heteroatoms. The second-order valence-corrected chi connectivity index (χ2v) is 11.2.